The summed E-state index contributed by atoms with van der Waals surface area (Å²) in [6.07, 6.45) is 1.38. The average molecular weight is 220 g/mol. The Bertz CT molecular complexity index is 668. The van der Waals surface area contributed by atoms with Gasteiger partial charge in [-0.25, -0.2) is 4.79 Å². The minimum atomic E-state index is -0.687. The van der Waals surface area contributed by atoms with Crippen molar-refractivity contribution < 1.29 is 9.21 Å². The van der Waals surface area contributed by atoms with Gasteiger partial charge in [0.15, 0.2) is 0 Å². The molecule has 0 saturated carbocycles. The number of rotatable bonds is 1. The number of carbonyl (C=O) groups is 1. The summed E-state index contributed by atoms with van der Waals surface area (Å²) in [6.45, 7) is 1.26. The van der Waals surface area contributed by atoms with Crippen LogP contribution in [-0.4, -0.2) is 10.9 Å². The summed E-state index contributed by atoms with van der Waals surface area (Å²) in [4.78, 5) is 36.0. The van der Waals surface area contributed by atoms with Gasteiger partial charge >= 0.3 is 5.63 Å². The minimum Gasteiger partial charge on any atom is -0.421 e. The minimum absolute atomic E-state index is 0.0447. The van der Waals surface area contributed by atoms with E-state index in [2.05, 4.69) is 10.3 Å². The van der Waals surface area contributed by atoms with E-state index in [1.807, 2.05) is 0 Å². The predicted octanol–water partition coefficient (Wildman–Crippen LogP) is 0.440. The summed E-state index contributed by atoms with van der Waals surface area (Å²) in [7, 11) is 0. The Kier molecular flexibility index (Phi) is 2.32. The second-order valence-electron chi connectivity index (χ2n) is 3.21. The lowest BCUT2D eigenvalue weighted by molar-refractivity contribution is -0.114. The van der Waals surface area contributed by atoms with Crippen molar-refractivity contribution in [1.82, 2.24) is 4.98 Å². The molecule has 2 aromatic rings. The van der Waals surface area contributed by atoms with E-state index in [9.17, 15) is 14.4 Å². The van der Waals surface area contributed by atoms with Crippen LogP contribution >= 0.6 is 0 Å². The molecule has 0 aliphatic rings. The number of hydrogen-bond acceptors (Lipinski definition) is 4. The van der Waals surface area contributed by atoms with Crippen LogP contribution in [-0.2, 0) is 4.79 Å². The van der Waals surface area contributed by atoms with Gasteiger partial charge in [0.1, 0.15) is 11.3 Å². The van der Waals surface area contributed by atoms with E-state index in [1.54, 1.807) is 0 Å². The Balaban J connectivity index is 2.74. The second kappa shape index (κ2) is 3.65. The number of pyridine rings is 1. The molecular formula is C10H8N2O4. The third-order valence-electron chi connectivity index (χ3n) is 1.98. The van der Waals surface area contributed by atoms with E-state index in [-0.39, 0.29) is 22.2 Å². The highest BCUT2D eigenvalue weighted by atomic mass is 16.4. The highest BCUT2D eigenvalue weighted by Gasteiger charge is 2.08. The molecule has 0 aromatic carbocycles. The molecule has 0 saturated heterocycles. The van der Waals surface area contributed by atoms with Crippen molar-refractivity contribution in [2.24, 2.45) is 0 Å². The Hall–Kier alpha value is -2.37. The van der Waals surface area contributed by atoms with Crippen molar-refractivity contribution in [3.8, 4) is 0 Å². The van der Waals surface area contributed by atoms with E-state index in [0.717, 1.165) is 0 Å². The van der Waals surface area contributed by atoms with Gasteiger partial charge in [-0.15, -0.1) is 0 Å². The summed E-state index contributed by atoms with van der Waals surface area (Å²) in [5, 5.41) is 2.51. The van der Waals surface area contributed by atoms with Crippen molar-refractivity contribution in [3.05, 3.63) is 39.1 Å². The predicted molar refractivity (Wildman–Crippen MR) is 57.4 cm³/mol. The Morgan fingerprint density at radius 1 is 1.44 bits per heavy atom. The van der Waals surface area contributed by atoms with Gasteiger partial charge in [-0.05, 0) is 12.1 Å². The number of aromatic amines is 1. The fraction of sp³-hybridized carbons (Fsp3) is 0.100. The van der Waals surface area contributed by atoms with E-state index in [4.69, 9.17) is 4.42 Å². The van der Waals surface area contributed by atoms with Crippen LogP contribution in [0, 0.1) is 0 Å². The highest BCUT2D eigenvalue weighted by molar-refractivity contribution is 5.90. The third kappa shape index (κ3) is 1.72. The fourth-order valence-electron chi connectivity index (χ4n) is 1.33. The molecule has 0 aliphatic heterocycles. The van der Waals surface area contributed by atoms with Crippen molar-refractivity contribution >= 4 is 22.6 Å². The fourth-order valence-corrected chi connectivity index (χ4v) is 1.33. The van der Waals surface area contributed by atoms with E-state index >= 15 is 0 Å². The molecule has 2 rings (SSSR count). The molecule has 1 amide bonds. The lowest BCUT2D eigenvalue weighted by Gasteiger charge is -2.00. The molecule has 0 unspecified atom stereocenters. The highest BCUT2D eigenvalue weighted by Crippen LogP contribution is 2.10. The van der Waals surface area contributed by atoms with Gasteiger partial charge in [-0.3, -0.25) is 9.59 Å². The SMILES string of the molecule is CC(=O)Nc1cc2c(=O)[nH]ccc2oc1=O. The number of hydrogen-bond donors (Lipinski definition) is 2. The van der Waals surface area contributed by atoms with Gasteiger partial charge in [0.2, 0.25) is 5.91 Å². The molecule has 6 nitrogen and oxygen atoms in total. The molecule has 0 fully saturated rings. The first-order chi connectivity index (χ1) is 7.58. The quantitative estimate of drug-likeness (QED) is 0.729. The van der Waals surface area contributed by atoms with Crippen LogP contribution in [0.25, 0.3) is 11.0 Å². The number of carbonyl (C=O) groups excluding carboxylic acids is 1. The summed E-state index contributed by atoms with van der Waals surface area (Å²) in [5.74, 6) is -0.404. The zero-order valence-corrected chi connectivity index (χ0v) is 8.37. The van der Waals surface area contributed by atoms with Crippen molar-refractivity contribution in [2.45, 2.75) is 6.92 Å². The van der Waals surface area contributed by atoms with Crippen LogP contribution in [0.5, 0.6) is 0 Å². The summed E-state index contributed by atoms with van der Waals surface area (Å²) in [5.41, 5.74) is -0.930. The van der Waals surface area contributed by atoms with Crippen molar-refractivity contribution in [1.29, 1.82) is 0 Å². The summed E-state index contributed by atoms with van der Waals surface area (Å²) >= 11 is 0. The normalized spacial score (nSPS) is 10.3. The zero-order valence-electron chi connectivity index (χ0n) is 8.37. The lowest BCUT2D eigenvalue weighted by atomic mass is 10.3. The average Bonchev–Trinajstić information content (AvgIpc) is 2.20. The molecule has 2 N–H and O–H groups in total. The van der Waals surface area contributed by atoms with Crippen LogP contribution in [0.4, 0.5) is 5.69 Å². The van der Waals surface area contributed by atoms with Gasteiger partial charge in [-0.2, -0.15) is 0 Å². The first-order valence-corrected chi connectivity index (χ1v) is 4.51. The molecule has 16 heavy (non-hydrogen) atoms. The molecule has 2 heterocycles. The van der Waals surface area contributed by atoms with Gasteiger partial charge in [0.25, 0.3) is 5.56 Å². The smallest absolute Gasteiger partial charge is 0.360 e. The topological polar surface area (TPSA) is 92.2 Å². The first kappa shape index (κ1) is 10.2. The van der Waals surface area contributed by atoms with Crippen molar-refractivity contribution in [3.63, 3.8) is 0 Å². The number of amides is 1. The standard InChI is InChI=1S/C10H8N2O4/c1-5(13)12-7-4-6-8(16-10(7)15)2-3-11-9(6)14/h2-4H,1H3,(H,11,14)(H,12,13). The number of nitrogens with one attached hydrogen (secondary N) is 2. The maximum absolute atomic E-state index is 11.4. The number of aromatic nitrogens is 1. The van der Waals surface area contributed by atoms with Crippen LogP contribution < -0.4 is 16.5 Å². The van der Waals surface area contributed by atoms with Crippen LogP contribution in [0.2, 0.25) is 0 Å². The maximum Gasteiger partial charge on any atom is 0.360 e. The molecule has 0 bridgehead atoms. The van der Waals surface area contributed by atoms with Gasteiger partial charge in [0.05, 0.1) is 5.39 Å². The maximum atomic E-state index is 11.4. The lowest BCUT2D eigenvalue weighted by Crippen LogP contribution is -2.16. The van der Waals surface area contributed by atoms with Crippen molar-refractivity contribution in [2.75, 3.05) is 5.32 Å². The molecule has 82 valence electrons. The van der Waals surface area contributed by atoms with E-state index in [1.165, 1.54) is 25.3 Å². The molecule has 0 atom stereocenters. The largest absolute Gasteiger partial charge is 0.421 e. The summed E-state index contributed by atoms with van der Waals surface area (Å²) < 4.78 is 4.88. The van der Waals surface area contributed by atoms with Crippen LogP contribution in [0.3, 0.4) is 0 Å². The number of H-pyrrole nitrogens is 1. The third-order valence-corrected chi connectivity index (χ3v) is 1.98. The van der Waals surface area contributed by atoms with E-state index in [0.29, 0.717) is 0 Å². The molecular weight excluding hydrogens is 212 g/mol. The monoisotopic (exact) mass is 220 g/mol. The van der Waals surface area contributed by atoms with Crippen LogP contribution in [0.1, 0.15) is 6.92 Å². The molecule has 0 radical (unpaired) electrons. The first-order valence-electron chi connectivity index (χ1n) is 4.51. The summed E-state index contributed by atoms with van der Waals surface area (Å²) in [6, 6.07) is 2.76. The van der Waals surface area contributed by atoms with Gasteiger partial charge in [0, 0.05) is 13.1 Å². The Morgan fingerprint density at radius 3 is 2.88 bits per heavy atom. The Morgan fingerprint density at radius 2 is 2.19 bits per heavy atom. The number of anilines is 1. The van der Waals surface area contributed by atoms with Crippen LogP contribution in [0.15, 0.2) is 32.3 Å². The molecule has 2 aromatic heterocycles. The number of fused-ring (bicyclic) bond motifs is 1. The second-order valence-corrected chi connectivity index (χ2v) is 3.21. The van der Waals surface area contributed by atoms with Gasteiger partial charge in [-0.1, -0.05) is 0 Å². The van der Waals surface area contributed by atoms with Gasteiger partial charge < -0.3 is 14.7 Å². The molecule has 0 spiro atoms. The van der Waals surface area contributed by atoms with E-state index < -0.39 is 11.5 Å². The Labute approximate surface area is 88.9 Å². The molecule has 0 aliphatic carbocycles. The zero-order chi connectivity index (χ0) is 11.7. The molecule has 6 heteroatoms.